The Morgan fingerprint density at radius 3 is 2.33 bits per heavy atom. The molecule has 9 heteroatoms. The number of likely N-dealkylation sites (tertiary alicyclic amines) is 1. The number of Topliss-reactive ketones (excluding diaryl/α,β-unsaturated/α-hetero) is 1. The van der Waals surface area contributed by atoms with Crippen LogP contribution in [0.1, 0.15) is 42.9 Å². The van der Waals surface area contributed by atoms with E-state index in [9.17, 15) is 19.1 Å². The highest BCUT2D eigenvalue weighted by Crippen LogP contribution is 2.48. The maximum absolute atomic E-state index is 14.9. The molecule has 1 atom stereocenters. The summed E-state index contributed by atoms with van der Waals surface area (Å²) in [7, 11) is 2.70. The molecule has 1 heterocycles. The van der Waals surface area contributed by atoms with Gasteiger partial charge in [-0.2, -0.15) is 0 Å². The molecule has 1 amide bonds. The summed E-state index contributed by atoms with van der Waals surface area (Å²) in [6.45, 7) is 0. The van der Waals surface area contributed by atoms with Crippen molar-refractivity contribution in [1.29, 1.82) is 0 Å². The first-order valence-corrected chi connectivity index (χ1v) is 11.2. The van der Waals surface area contributed by atoms with Crippen LogP contribution in [-0.4, -0.2) is 42.0 Å². The van der Waals surface area contributed by atoms with E-state index in [0.717, 1.165) is 12.8 Å². The molecule has 33 heavy (non-hydrogen) atoms. The summed E-state index contributed by atoms with van der Waals surface area (Å²) in [5, 5.41) is 11.4. The number of ketones is 1. The second kappa shape index (κ2) is 9.23. The number of aliphatic hydroxyl groups is 1. The van der Waals surface area contributed by atoms with Gasteiger partial charge in [0.1, 0.15) is 16.6 Å². The lowest BCUT2D eigenvalue weighted by molar-refractivity contribution is -0.141. The van der Waals surface area contributed by atoms with Crippen LogP contribution in [0.15, 0.2) is 35.9 Å². The number of rotatable bonds is 5. The maximum Gasteiger partial charge on any atom is 0.295 e. The summed E-state index contributed by atoms with van der Waals surface area (Å²) in [4.78, 5) is 27.7. The summed E-state index contributed by atoms with van der Waals surface area (Å²) >= 11 is 12.6. The average Bonchev–Trinajstić information content (AvgIpc) is 3.40. The van der Waals surface area contributed by atoms with Gasteiger partial charge in [0, 0.05) is 11.6 Å². The van der Waals surface area contributed by atoms with Crippen molar-refractivity contribution in [3.8, 4) is 11.5 Å². The van der Waals surface area contributed by atoms with Gasteiger partial charge in [0.2, 0.25) is 0 Å². The van der Waals surface area contributed by atoms with Gasteiger partial charge in [-0.25, -0.2) is 4.39 Å². The van der Waals surface area contributed by atoms with E-state index < -0.39 is 29.3 Å². The minimum Gasteiger partial charge on any atom is -0.507 e. The van der Waals surface area contributed by atoms with Crippen LogP contribution in [0.2, 0.25) is 10.0 Å². The topological polar surface area (TPSA) is 76.1 Å². The van der Waals surface area contributed by atoms with Gasteiger partial charge in [-0.3, -0.25) is 9.59 Å². The number of halogens is 3. The molecule has 2 aromatic carbocycles. The van der Waals surface area contributed by atoms with Gasteiger partial charge in [-0.1, -0.05) is 54.2 Å². The SMILES string of the molecule is COc1c(Cl)cc(/C(O)=C2\C(=O)C(=O)N(C3CCCC3)C2c2ccccc2F)c(OC)c1Cl. The predicted octanol–water partition coefficient (Wildman–Crippen LogP) is 5.51. The minimum atomic E-state index is -1.10. The van der Waals surface area contributed by atoms with Crippen molar-refractivity contribution < 1.29 is 28.6 Å². The number of methoxy groups -OCH3 is 2. The van der Waals surface area contributed by atoms with E-state index in [0.29, 0.717) is 12.8 Å². The smallest absolute Gasteiger partial charge is 0.295 e. The first kappa shape index (κ1) is 23.4. The zero-order chi connectivity index (χ0) is 23.9. The number of amides is 1. The predicted molar refractivity (Wildman–Crippen MR) is 122 cm³/mol. The fraction of sp³-hybridized carbons (Fsp3) is 0.333. The fourth-order valence-corrected chi connectivity index (χ4v) is 5.39. The molecule has 1 aliphatic heterocycles. The molecule has 1 aliphatic carbocycles. The highest BCUT2D eigenvalue weighted by atomic mass is 35.5. The highest BCUT2D eigenvalue weighted by molar-refractivity contribution is 6.47. The molecule has 2 aliphatic rings. The van der Waals surface area contributed by atoms with Gasteiger partial charge in [0.15, 0.2) is 11.5 Å². The molecule has 1 unspecified atom stereocenters. The van der Waals surface area contributed by atoms with Crippen molar-refractivity contribution in [3.05, 3.63) is 62.9 Å². The largest absolute Gasteiger partial charge is 0.507 e. The molecule has 2 aromatic rings. The monoisotopic (exact) mass is 493 g/mol. The van der Waals surface area contributed by atoms with Crippen LogP contribution >= 0.6 is 23.2 Å². The lowest BCUT2D eigenvalue weighted by Gasteiger charge is -2.31. The maximum atomic E-state index is 14.9. The standard InChI is InChI=1S/C24H22Cl2FNO5/c1-32-22-14(11-15(25)23(33-2)18(22)26)20(29)17-19(13-9-5-6-10-16(13)27)28(24(31)21(17)30)12-7-3-4-8-12/h5-6,9-12,19,29H,3-4,7-8H2,1-2H3/b20-17+. The molecule has 0 radical (unpaired) electrons. The Morgan fingerprint density at radius 1 is 1.09 bits per heavy atom. The quantitative estimate of drug-likeness (QED) is 0.337. The van der Waals surface area contributed by atoms with Crippen LogP contribution in [0.5, 0.6) is 11.5 Å². The van der Waals surface area contributed by atoms with Crippen molar-refractivity contribution in [3.63, 3.8) is 0 Å². The van der Waals surface area contributed by atoms with Gasteiger partial charge >= 0.3 is 0 Å². The molecule has 4 rings (SSSR count). The van der Waals surface area contributed by atoms with E-state index in [1.54, 1.807) is 6.07 Å². The molecule has 0 spiro atoms. The van der Waals surface area contributed by atoms with Crippen molar-refractivity contribution >= 4 is 40.7 Å². The van der Waals surface area contributed by atoms with Crippen LogP contribution in [0, 0.1) is 5.82 Å². The molecule has 1 N–H and O–H groups in total. The zero-order valence-corrected chi connectivity index (χ0v) is 19.5. The number of nitrogens with zero attached hydrogens (tertiary/aromatic N) is 1. The molecular weight excluding hydrogens is 472 g/mol. The van der Waals surface area contributed by atoms with E-state index in [-0.39, 0.29) is 44.3 Å². The molecule has 0 aromatic heterocycles. The lowest BCUT2D eigenvalue weighted by Crippen LogP contribution is -2.38. The minimum absolute atomic E-state index is 0.000869. The number of aliphatic hydroxyl groups excluding tert-OH is 1. The van der Waals surface area contributed by atoms with Crippen LogP contribution in [0.4, 0.5) is 4.39 Å². The summed E-state index contributed by atoms with van der Waals surface area (Å²) in [6, 6.07) is 5.90. The third-order valence-electron chi connectivity index (χ3n) is 6.19. The van der Waals surface area contributed by atoms with Crippen LogP contribution in [-0.2, 0) is 9.59 Å². The molecular formula is C24H22Cl2FNO5. The van der Waals surface area contributed by atoms with Crippen molar-refractivity contribution in [1.82, 2.24) is 4.90 Å². The van der Waals surface area contributed by atoms with Gasteiger partial charge in [-0.15, -0.1) is 0 Å². The Kier molecular flexibility index (Phi) is 6.54. The van der Waals surface area contributed by atoms with Gasteiger partial charge in [-0.05, 0) is 25.0 Å². The molecule has 1 saturated heterocycles. The fourth-order valence-electron chi connectivity index (χ4n) is 4.70. The van der Waals surface area contributed by atoms with Crippen LogP contribution in [0.25, 0.3) is 5.76 Å². The number of benzene rings is 2. The second-order valence-electron chi connectivity index (χ2n) is 7.95. The van der Waals surface area contributed by atoms with E-state index in [4.69, 9.17) is 32.7 Å². The number of hydrogen-bond acceptors (Lipinski definition) is 5. The Bertz CT molecular complexity index is 1160. The first-order valence-electron chi connectivity index (χ1n) is 10.5. The van der Waals surface area contributed by atoms with Crippen molar-refractivity contribution in [2.24, 2.45) is 0 Å². The summed E-state index contributed by atoms with van der Waals surface area (Å²) < 4.78 is 25.5. The van der Waals surface area contributed by atoms with E-state index in [1.807, 2.05) is 0 Å². The molecule has 174 valence electrons. The Balaban J connectivity index is 1.99. The van der Waals surface area contributed by atoms with Crippen LogP contribution < -0.4 is 9.47 Å². The number of ether oxygens (including phenoxy) is 2. The average molecular weight is 494 g/mol. The zero-order valence-electron chi connectivity index (χ0n) is 18.0. The molecule has 1 saturated carbocycles. The lowest BCUT2D eigenvalue weighted by atomic mass is 9.94. The molecule has 2 fully saturated rings. The molecule has 6 nitrogen and oxygen atoms in total. The van der Waals surface area contributed by atoms with E-state index >= 15 is 0 Å². The van der Waals surface area contributed by atoms with Gasteiger partial charge in [0.05, 0.1) is 36.4 Å². The third-order valence-corrected chi connectivity index (χ3v) is 6.82. The van der Waals surface area contributed by atoms with Gasteiger partial charge in [0.25, 0.3) is 11.7 Å². The Morgan fingerprint density at radius 2 is 1.73 bits per heavy atom. The third kappa shape index (κ3) is 3.83. The van der Waals surface area contributed by atoms with Gasteiger partial charge < -0.3 is 19.5 Å². The Hall–Kier alpha value is -2.77. The van der Waals surface area contributed by atoms with E-state index in [1.165, 1.54) is 43.4 Å². The first-order chi connectivity index (χ1) is 15.8. The normalized spacial score (nSPS) is 20.5. The summed E-state index contributed by atoms with van der Waals surface area (Å²) in [5.41, 5.74) is -0.124. The number of carbonyl (C=O) groups is 2. The van der Waals surface area contributed by atoms with Crippen molar-refractivity contribution in [2.45, 2.75) is 37.8 Å². The van der Waals surface area contributed by atoms with Crippen molar-refractivity contribution in [2.75, 3.05) is 14.2 Å². The Labute approximate surface area is 200 Å². The molecule has 0 bridgehead atoms. The number of carbonyl (C=O) groups excluding carboxylic acids is 2. The van der Waals surface area contributed by atoms with Crippen LogP contribution in [0.3, 0.4) is 0 Å². The summed E-state index contributed by atoms with van der Waals surface area (Å²) in [5.74, 6) is -2.68. The second-order valence-corrected chi connectivity index (χ2v) is 8.74. The highest BCUT2D eigenvalue weighted by Gasteiger charge is 2.50. The summed E-state index contributed by atoms with van der Waals surface area (Å²) in [6.07, 6.45) is 3.19. The van der Waals surface area contributed by atoms with E-state index in [2.05, 4.69) is 0 Å². The number of hydrogen-bond donors (Lipinski definition) is 1.